The van der Waals surface area contributed by atoms with E-state index in [-0.39, 0.29) is 64.0 Å². The molecule has 0 aliphatic rings. The molecule has 0 fully saturated rings. The van der Waals surface area contributed by atoms with Gasteiger partial charge in [-0.15, -0.1) is 12.1 Å². The molecule has 0 aliphatic heterocycles. The van der Waals surface area contributed by atoms with Gasteiger partial charge in [0.25, 0.3) is 0 Å². The summed E-state index contributed by atoms with van der Waals surface area (Å²) in [5, 5.41) is 0. The van der Waals surface area contributed by atoms with Crippen molar-refractivity contribution in [2.75, 3.05) is 0 Å². The second kappa shape index (κ2) is 13.9. The second-order valence-electron chi connectivity index (χ2n) is 1.54. The molecule has 0 unspecified atom stereocenters. The van der Waals surface area contributed by atoms with Crippen molar-refractivity contribution in [3.05, 3.63) is 64.8 Å². The first-order valence-corrected chi connectivity index (χ1v) is 2.52. The fourth-order valence-electron chi connectivity index (χ4n) is 0.536. The fourth-order valence-corrected chi connectivity index (χ4v) is 0.536. The quantitative estimate of drug-likeness (QED) is 0.694. The summed E-state index contributed by atoms with van der Waals surface area (Å²) in [5.74, 6) is 0. The van der Waals surface area contributed by atoms with E-state index in [0.717, 1.165) is 5.56 Å². The molecular formula is C11H16Ce. The molecule has 0 spiro atoms. The van der Waals surface area contributed by atoms with Crippen molar-refractivity contribution >= 4 is 6.08 Å². The van der Waals surface area contributed by atoms with Gasteiger partial charge in [-0.2, -0.15) is 30.3 Å². The van der Waals surface area contributed by atoms with Gasteiger partial charge in [-0.3, -0.25) is 0 Å². The molecule has 0 heterocycles. The minimum Gasteiger partial charge on any atom is -0.358 e. The van der Waals surface area contributed by atoms with Gasteiger partial charge in [-0.05, 0) is 0 Å². The molecule has 0 N–H and O–H groups in total. The van der Waals surface area contributed by atoms with Crippen LogP contribution < -0.4 is 0 Å². The van der Waals surface area contributed by atoms with Crippen molar-refractivity contribution in [3.8, 4) is 0 Å². The molecule has 0 saturated heterocycles. The van der Waals surface area contributed by atoms with Gasteiger partial charge in [-0.25, -0.2) is 0 Å². The summed E-state index contributed by atoms with van der Waals surface area (Å²) in [7, 11) is 0. The van der Waals surface area contributed by atoms with Crippen LogP contribution in [0, 0.1) is 70.1 Å². The van der Waals surface area contributed by atoms with Crippen LogP contribution in [0.4, 0.5) is 0 Å². The third kappa shape index (κ3) is 8.43. The van der Waals surface area contributed by atoms with E-state index in [2.05, 4.69) is 12.6 Å². The largest absolute Gasteiger partial charge is 4.00 e. The summed E-state index contributed by atoms with van der Waals surface area (Å²) in [6.45, 7) is 3.62. The number of hydrogen-bond donors (Lipinski definition) is 0. The molecule has 1 aromatic rings. The minimum atomic E-state index is 0. The van der Waals surface area contributed by atoms with E-state index in [1.807, 2.05) is 30.3 Å². The van der Waals surface area contributed by atoms with E-state index in [1.54, 1.807) is 0 Å². The van der Waals surface area contributed by atoms with Crippen molar-refractivity contribution in [1.29, 1.82) is 0 Å². The monoisotopic (exact) mass is 288 g/mol. The summed E-state index contributed by atoms with van der Waals surface area (Å²) >= 11 is 0. The third-order valence-corrected chi connectivity index (χ3v) is 0.980. The predicted molar refractivity (Wildman–Crippen MR) is 54.6 cm³/mol. The number of benzene rings is 1. The van der Waals surface area contributed by atoms with Gasteiger partial charge in [0.2, 0.25) is 0 Å². The zero-order valence-electron chi connectivity index (χ0n) is 8.09. The van der Waals surface area contributed by atoms with E-state index in [4.69, 9.17) is 0 Å². The molecule has 1 heteroatoms. The van der Waals surface area contributed by atoms with Crippen LogP contribution in [0.25, 0.3) is 6.08 Å². The maximum atomic E-state index is 3.62. The molecule has 0 radical (unpaired) electrons. The Morgan fingerprint density at radius 1 is 1.08 bits per heavy atom. The molecule has 0 amide bonds. The van der Waals surface area contributed by atoms with Gasteiger partial charge in [0.15, 0.2) is 0 Å². The van der Waals surface area contributed by atoms with Crippen molar-refractivity contribution in [1.82, 2.24) is 0 Å². The first-order valence-electron chi connectivity index (χ1n) is 2.52. The Balaban J connectivity index is -0.0000000800. The van der Waals surface area contributed by atoms with Crippen molar-refractivity contribution in [2.24, 2.45) is 0 Å². The molecule has 0 aliphatic carbocycles. The SMILES string of the molecule is C=Cc1cc[c-]cc1.[CH3-].[CH3-].[CH3-].[Ce+4]. The fraction of sp³-hybridized carbons (Fsp3) is 0. The Morgan fingerprint density at radius 2 is 1.50 bits per heavy atom. The summed E-state index contributed by atoms with van der Waals surface area (Å²) in [6, 6.07) is 10.6. The normalized spacial score (nSPS) is 5.67. The molecule has 0 atom stereocenters. The second-order valence-corrected chi connectivity index (χ2v) is 1.54. The first kappa shape index (κ1) is 22.8. The van der Waals surface area contributed by atoms with E-state index in [1.165, 1.54) is 0 Å². The van der Waals surface area contributed by atoms with Crippen LogP contribution in [-0.2, 0) is 0 Å². The van der Waals surface area contributed by atoms with Crippen molar-refractivity contribution < 1.29 is 41.7 Å². The van der Waals surface area contributed by atoms with Crippen LogP contribution in [0.3, 0.4) is 0 Å². The van der Waals surface area contributed by atoms with Gasteiger partial charge >= 0.3 is 41.7 Å². The van der Waals surface area contributed by atoms with E-state index >= 15 is 0 Å². The molecule has 1 rings (SSSR count). The molecular weight excluding hydrogens is 272 g/mol. The predicted octanol–water partition coefficient (Wildman–Crippen LogP) is 3.48. The number of rotatable bonds is 1. The van der Waals surface area contributed by atoms with Crippen LogP contribution in [0.1, 0.15) is 5.56 Å². The molecule has 64 valence electrons. The van der Waals surface area contributed by atoms with Crippen molar-refractivity contribution in [2.45, 2.75) is 0 Å². The molecule has 0 aromatic heterocycles. The third-order valence-electron chi connectivity index (χ3n) is 0.980. The maximum absolute atomic E-state index is 3.62. The van der Waals surface area contributed by atoms with E-state index in [0.29, 0.717) is 0 Å². The summed E-state index contributed by atoms with van der Waals surface area (Å²) in [6.07, 6.45) is 1.81. The van der Waals surface area contributed by atoms with Crippen molar-refractivity contribution in [3.63, 3.8) is 0 Å². The average Bonchev–Trinajstić information content (AvgIpc) is 1.90. The molecule has 0 saturated carbocycles. The van der Waals surface area contributed by atoms with Gasteiger partial charge < -0.3 is 22.3 Å². The zero-order chi connectivity index (χ0) is 5.82. The standard InChI is InChI=1S/C8H7.3CH3.Ce/c1-2-8-6-4-3-5-7-8;;;;/h2,4-7H,1H2;3*1H3;/q4*-1;+4. The van der Waals surface area contributed by atoms with Crippen LogP contribution in [-0.4, -0.2) is 0 Å². The van der Waals surface area contributed by atoms with Crippen LogP contribution in [0.2, 0.25) is 0 Å². The van der Waals surface area contributed by atoms with E-state index in [9.17, 15) is 0 Å². The van der Waals surface area contributed by atoms with Gasteiger partial charge in [0.05, 0.1) is 0 Å². The molecule has 1 aromatic carbocycles. The van der Waals surface area contributed by atoms with Gasteiger partial charge in [0.1, 0.15) is 0 Å². The van der Waals surface area contributed by atoms with Crippen LogP contribution in [0.5, 0.6) is 0 Å². The Kier molecular flexibility index (Phi) is 26.4. The molecule has 0 bridgehead atoms. The smallest absolute Gasteiger partial charge is 0.358 e. The Hall–Kier alpha value is 0.337. The summed E-state index contributed by atoms with van der Waals surface area (Å²) in [4.78, 5) is 0. The summed E-state index contributed by atoms with van der Waals surface area (Å²) in [5.41, 5.74) is 1.14. The Bertz CT molecular complexity index is 168. The summed E-state index contributed by atoms with van der Waals surface area (Å²) < 4.78 is 0. The van der Waals surface area contributed by atoms with Crippen LogP contribution in [0.15, 0.2) is 30.8 Å². The Morgan fingerprint density at radius 3 is 1.75 bits per heavy atom. The zero-order valence-corrected chi connectivity index (χ0v) is 11.2. The topological polar surface area (TPSA) is 0 Å². The first-order chi connectivity index (χ1) is 3.93. The molecule has 12 heavy (non-hydrogen) atoms. The van der Waals surface area contributed by atoms with Gasteiger partial charge in [0, 0.05) is 0 Å². The van der Waals surface area contributed by atoms with Gasteiger partial charge in [-0.1, -0.05) is 6.08 Å². The average molecular weight is 288 g/mol. The Labute approximate surface area is 111 Å². The minimum absolute atomic E-state index is 0. The molecule has 0 nitrogen and oxygen atoms in total. The van der Waals surface area contributed by atoms with Crippen LogP contribution >= 0.6 is 0 Å². The van der Waals surface area contributed by atoms with E-state index < -0.39 is 0 Å². The maximum Gasteiger partial charge on any atom is 4.00 e. The number of hydrogen-bond acceptors (Lipinski definition) is 0.